The van der Waals surface area contributed by atoms with E-state index in [2.05, 4.69) is 23.4 Å². The molecule has 0 aliphatic carbocycles. The molecule has 1 heterocycles. The molecule has 0 saturated heterocycles. The molecule has 0 unspecified atom stereocenters. The van der Waals surface area contributed by atoms with Crippen LogP contribution in [0.25, 0.3) is 0 Å². The van der Waals surface area contributed by atoms with Crippen molar-refractivity contribution in [3.05, 3.63) is 18.0 Å². The first kappa shape index (κ1) is 11.5. The Balaban J connectivity index is 0.000001000. The van der Waals surface area contributed by atoms with Gasteiger partial charge in [-0.15, -0.1) is 6.20 Å². The van der Waals surface area contributed by atoms with Crippen LogP contribution in [-0.4, -0.2) is 12.0 Å². The van der Waals surface area contributed by atoms with Gasteiger partial charge in [0, 0.05) is 37.8 Å². The van der Waals surface area contributed by atoms with Gasteiger partial charge >= 0.3 is 0 Å². The van der Waals surface area contributed by atoms with Gasteiger partial charge in [0.25, 0.3) is 0 Å². The van der Waals surface area contributed by atoms with Crippen LogP contribution in [0, 0.1) is 13.1 Å². The van der Waals surface area contributed by atoms with Crippen molar-refractivity contribution in [3.8, 4) is 0 Å². The van der Waals surface area contributed by atoms with Crippen molar-refractivity contribution in [2.45, 2.75) is 12.8 Å². The second-order valence-electron chi connectivity index (χ2n) is 1.91. The van der Waals surface area contributed by atoms with E-state index in [0.717, 1.165) is 18.0 Å². The molecule has 0 atom stereocenters. The van der Waals surface area contributed by atoms with Gasteiger partial charge in [-0.1, -0.05) is 11.3 Å². The molecule has 4 heteroatoms. The van der Waals surface area contributed by atoms with Crippen LogP contribution in [0.4, 0.5) is 5.13 Å². The first-order valence-corrected chi connectivity index (χ1v) is 4.03. The van der Waals surface area contributed by atoms with E-state index >= 15 is 0 Å². The molecule has 1 rings (SSSR count). The van der Waals surface area contributed by atoms with E-state index < -0.39 is 0 Å². The second kappa shape index (κ2) is 6.09. The van der Waals surface area contributed by atoms with Crippen LogP contribution >= 0.6 is 11.3 Å². The molecule has 0 amide bonds. The number of hydrogen-bond acceptors (Lipinski definition) is 3. The molecule has 0 aliphatic rings. The third-order valence-corrected chi connectivity index (χ3v) is 2.15. The normalized spacial score (nSPS) is 8.91. The molecule has 2 nitrogen and oxygen atoms in total. The largest absolute Gasteiger partial charge is 0.441 e. The van der Waals surface area contributed by atoms with Crippen LogP contribution in [0.3, 0.4) is 0 Å². The summed E-state index contributed by atoms with van der Waals surface area (Å²) in [5.74, 6) is 0. The van der Waals surface area contributed by atoms with Crippen molar-refractivity contribution in [2.24, 2.45) is 0 Å². The summed E-state index contributed by atoms with van der Waals surface area (Å²) in [7, 11) is 1.86. The molecule has 1 radical (unpaired) electrons. The zero-order valence-electron chi connectivity index (χ0n) is 6.55. The molecular formula is C7H10N2SY-2. The summed E-state index contributed by atoms with van der Waals surface area (Å²) in [6, 6.07) is 0. The number of rotatable bonds is 3. The van der Waals surface area contributed by atoms with Crippen LogP contribution in [0.5, 0.6) is 0 Å². The molecule has 11 heavy (non-hydrogen) atoms. The second-order valence-corrected chi connectivity index (χ2v) is 2.99. The van der Waals surface area contributed by atoms with Gasteiger partial charge in [0.05, 0.1) is 0 Å². The minimum atomic E-state index is 0. The Morgan fingerprint density at radius 1 is 1.73 bits per heavy atom. The fourth-order valence-corrected chi connectivity index (χ4v) is 1.41. The maximum Gasteiger partial charge on any atom is 0.0236 e. The molecule has 1 N–H and O–H groups in total. The summed E-state index contributed by atoms with van der Waals surface area (Å²) >= 11 is 1.64. The van der Waals surface area contributed by atoms with Crippen molar-refractivity contribution in [1.82, 2.24) is 4.98 Å². The molecule has 0 bridgehead atoms. The Morgan fingerprint density at radius 2 is 2.45 bits per heavy atom. The summed E-state index contributed by atoms with van der Waals surface area (Å²) in [5, 5.41) is 3.90. The standard InChI is InChI=1S/C7H10N2S.Y/c1-3-4-6-5-9-7(8-2)10-6;/h1,3-4H2,2H3,(H,8,9);/q-2;. The molecule has 0 aromatic carbocycles. The van der Waals surface area contributed by atoms with Crippen molar-refractivity contribution < 1.29 is 32.7 Å². The molecule has 1 aromatic rings. The topological polar surface area (TPSA) is 24.9 Å². The number of nitrogens with one attached hydrogen (secondary N) is 1. The van der Waals surface area contributed by atoms with E-state index in [1.807, 2.05) is 7.05 Å². The Bertz CT molecular complexity index is 200. The van der Waals surface area contributed by atoms with Crippen molar-refractivity contribution in [3.63, 3.8) is 0 Å². The minimum absolute atomic E-state index is 0. The van der Waals surface area contributed by atoms with Gasteiger partial charge in [-0.25, -0.2) is 11.3 Å². The Morgan fingerprint density at radius 3 is 2.91 bits per heavy atom. The fraction of sp³-hybridized carbons (Fsp3) is 0.429. The summed E-state index contributed by atoms with van der Waals surface area (Å²) in [4.78, 5) is 5.19. The van der Waals surface area contributed by atoms with E-state index in [0.29, 0.717) is 0 Å². The SMILES string of the molecule is [CH2-]CCc1[c-]nc(NC)s1.[Y]. The zero-order valence-corrected chi connectivity index (χ0v) is 10.2. The number of hydrogen-bond donors (Lipinski definition) is 1. The summed E-state index contributed by atoms with van der Waals surface area (Å²) in [6.07, 6.45) is 4.83. The summed E-state index contributed by atoms with van der Waals surface area (Å²) in [6.45, 7) is 3.75. The summed E-state index contributed by atoms with van der Waals surface area (Å²) in [5.41, 5.74) is 0. The van der Waals surface area contributed by atoms with E-state index in [9.17, 15) is 0 Å². The van der Waals surface area contributed by atoms with Crippen molar-refractivity contribution in [2.75, 3.05) is 12.4 Å². The van der Waals surface area contributed by atoms with Crippen molar-refractivity contribution in [1.29, 1.82) is 0 Å². The first-order valence-electron chi connectivity index (χ1n) is 3.21. The maximum atomic E-state index is 4.01. The zero-order chi connectivity index (χ0) is 7.40. The molecule has 0 fully saturated rings. The van der Waals surface area contributed by atoms with Gasteiger partial charge in [0.15, 0.2) is 0 Å². The Labute approximate surface area is 96.7 Å². The smallest absolute Gasteiger partial charge is 0.0236 e. The van der Waals surface area contributed by atoms with Crippen LogP contribution in [0.15, 0.2) is 0 Å². The van der Waals surface area contributed by atoms with Crippen LogP contribution in [0.1, 0.15) is 11.3 Å². The Hall–Kier alpha value is 0.534. The van der Waals surface area contributed by atoms with E-state index in [4.69, 9.17) is 0 Å². The molecule has 0 spiro atoms. The predicted octanol–water partition coefficient (Wildman–Crippen LogP) is 1.75. The average Bonchev–Trinajstić information content (AvgIpc) is 2.37. The van der Waals surface area contributed by atoms with Gasteiger partial charge in [-0.2, -0.15) is 6.42 Å². The number of nitrogens with zero attached hydrogens (tertiary/aromatic N) is 1. The molecular weight excluding hydrogens is 233 g/mol. The van der Waals surface area contributed by atoms with Gasteiger partial charge in [0.2, 0.25) is 0 Å². The quantitative estimate of drug-likeness (QED) is 0.818. The van der Waals surface area contributed by atoms with Gasteiger partial charge in [-0.05, 0) is 7.05 Å². The molecule has 0 aliphatic heterocycles. The van der Waals surface area contributed by atoms with Gasteiger partial charge in [-0.3, -0.25) is 0 Å². The third kappa shape index (κ3) is 3.63. The number of thiazole rings is 1. The molecule has 0 saturated carbocycles. The fourth-order valence-electron chi connectivity index (χ4n) is 0.650. The predicted molar refractivity (Wildman–Crippen MR) is 44.2 cm³/mol. The summed E-state index contributed by atoms with van der Waals surface area (Å²) < 4.78 is 0. The number of aryl methyl sites for hydroxylation is 1. The average molecular weight is 243 g/mol. The Kier molecular flexibility index (Phi) is 6.39. The number of anilines is 1. The number of aromatic nitrogens is 1. The monoisotopic (exact) mass is 243 g/mol. The minimum Gasteiger partial charge on any atom is -0.441 e. The molecule has 1 aromatic heterocycles. The molecule has 59 valence electrons. The van der Waals surface area contributed by atoms with Crippen LogP contribution < -0.4 is 5.32 Å². The van der Waals surface area contributed by atoms with E-state index in [-0.39, 0.29) is 32.7 Å². The third-order valence-electron chi connectivity index (χ3n) is 1.12. The van der Waals surface area contributed by atoms with Gasteiger partial charge < -0.3 is 17.2 Å². The van der Waals surface area contributed by atoms with Crippen molar-refractivity contribution >= 4 is 16.5 Å². The van der Waals surface area contributed by atoms with Gasteiger partial charge in [0.1, 0.15) is 0 Å². The first-order chi connectivity index (χ1) is 4.86. The van der Waals surface area contributed by atoms with E-state index in [1.54, 1.807) is 11.3 Å². The van der Waals surface area contributed by atoms with Crippen LogP contribution in [0.2, 0.25) is 0 Å². The van der Waals surface area contributed by atoms with E-state index in [1.165, 1.54) is 4.88 Å². The van der Waals surface area contributed by atoms with Crippen LogP contribution in [-0.2, 0) is 39.1 Å². The maximum absolute atomic E-state index is 4.01.